The number of nitrogen functional groups attached to an aromatic ring is 1. The minimum atomic E-state index is 0.451. The van der Waals surface area contributed by atoms with Crippen LogP contribution in [0.1, 0.15) is 0 Å². The third-order valence-corrected chi connectivity index (χ3v) is 1.82. The van der Waals surface area contributed by atoms with Gasteiger partial charge < -0.3 is 5.73 Å². The molecule has 0 aliphatic carbocycles. The van der Waals surface area contributed by atoms with E-state index in [-0.39, 0.29) is 0 Å². The Morgan fingerprint density at radius 3 is 2.77 bits per heavy atom. The van der Waals surface area contributed by atoms with Crippen molar-refractivity contribution in [2.45, 2.75) is 0 Å². The lowest BCUT2D eigenvalue weighted by molar-refractivity contribution is 1.09. The molecule has 13 heavy (non-hydrogen) atoms. The van der Waals surface area contributed by atoms with E-state index in [1.165, 1.54) is 0 Å². The fourth-order valence-corrected chi connectivity index (χ4v) is 1.12. The fraction of sp³-hybridized carbons (Fsp3) is 0. The van der Waals surface area contributed by atoms with E-state index in [9.17, 15) is 0 Å². The smallest absolute Gasteiger partial charge is 0.145 e. The standard InChI is InChI=1S/C8H7ClN4/c9-5-1-2-6(11-4-5)7-3-8(10)13-12-7/h1-4H,(H3,10,12,13). The van der Waals surface area contributed by atoms with Gasteiger partial charge in [-0.2, -0.15) is 5.10 Å². The minimum Gasteiger partial charge on any atom is -0.382 e. The Labute approximate surface area is 79.7 Å². The maximum atomic E-state index is 5.69. The number of hydrogen-bond donors (Lipinski definition) is 2. The molecule has 0 unspecified atom stereocenters. The van der Waals surface area contributed by atoms with E-state index >= 15 is 0 Å². The van der Waals surface area contributed by atoms with Crippen LogP contribution in [0.2, 0.25) is 5.02 Å². The molecule has 0 aliphatic heterocycles. The quantitative estimate of drug-likeness (QED) is 0.726. The second kappa shape index (κ2) is 3.06. The van der Waals surface area contributed by atoms with Gasteiger partial charge in [0.15, 0.2) is 0 Å². The zero-order valence-corrected chi connectivity index (χ0v) is 7.42. The summed E-state index contributed by atoms with van der Waals surface area (Å²) in [5.41, 5.74) is 7.01. The number of H-pyrrole nitrogens is 1. The largest absolute Gasteiger partial charge is 0.382 e. The molecule has 5 heteroatoms. The lowest BCUT2D eigenvalue weighted by Gasteiger charge is -1.94. The summed E-state index contributed by atoms with van der Waals surface area (Å²) in [7, 11) is 0. The number of nitrogens with one attached hydrogen (secondary N) is 1. The number of hydrogen-bond acceptors (Lipinski definition) is 3. The molecule has 4 nitrogen and oxygen atoms in total. The first kappa shape index (κ1) is 8.07. The van der Waals surface area contributed by atoms with Crippen molar-refractivity contribution in [1.82, 2.24) is 15.2 Å². The summed E-state index contributed by atoms with van der Waals surface area (Å²) in [6, 6.07) is 5.28. The lowest BCUT2D eigenvalue weighted by atomic mass is 10.3. The highest BCUT2D eigenvalue weighted by Gasteiger charge is 2.01. The Kier molecular flexibility index (Phi) is 1.90. The molecule has 0 atom stereocenters. The molecule has 66 valence electrons. The second-order valence-electron chi connectivity index (χ2n) is 2.57. The van der Waals surface area contributed by atoms with Crippen molar-refractivity contribution in [2.75, 3.05) is 5.73 Å². The predicted molar refractivity (Wildman–Crippen MR) is 51.2 cm³/mol. The summed E-state index contributed by atoms with van der Waals surface area (Å²) in [6.45, 7) is 0. The summed E-state index contributed by atoms with van der Waals surface area (Å²) in [6.07, 6.45) is 1.58. The third kappa shape index (κ3) is 1.62. The van der Waals surface area contributed by atoms with Crippen LogP contribution in [0.5, 0.6) is 0 Å². The molecule has 2 heterocycles. The Morgan fingerprint density at radius 2 is 2.23 bits per heavy atom. The van der Waals surface area contributed by atoms with Crippen molar-refractivity contribution in [1.29, 1.82) is 0 Å². The van der Waals surface area contributed by atoms with Crippen molar-refractivity contribution in [2.24, 2.45) is 0 Å². The lowest BCUT2D eigenvalue weighted by Crippen LogP contribution is -1.82. The summed E-state index contributed by atoms with van der Waals surface area (Å²) < 4.78 is 0. The number of halogens is 1. The highest BCUT2D eigenvalue weighted by atomic mass is 35.5. The van der Waals surface area contributed by atoms with E-state index in [1.807, 2.05) is 0 Å². The second-order valence-corrected chi connectivity index (χ2v) is 3.00. The van der Waals surface area contributed by atoms with Gasteiger partial charge in [0.05, 0.1) is 16.4 Å². The molecule has 0 saturated carbocycles. The van der Waals surface area contributed by atoms with Gasteiger partial charge in [-0.25, -0.2) is 0 Å². The predicted octanol–water partition coefficient (Wildman–Crippen LogP) is 1.71. The van der Waals surface area contributed by atoms with Gasteiger partial charge in [0.2, 0.25) is 0 Å². The van der Waals surface area contributed by atoms with Gasteiger partial charge in [0.1, 0.15) is 5.82 Å². The molecule has 0 aromatic carbocycles. The molecule has 3 N–H and O–H groups in total. The van der Waals surface area contributed by atoms with E-state index in [1.54, 1.807) is 24.4 Å². The van der Waals surface area contributed by atoms with E-state index < -0.39 is 0 Å². The Bertz CT molecular complexity index is 406. The summed E-state index contributed by atoms with van der Waals surface area (Å²) in [4.78, 5) is 4.10. The fourth-order valence-electron chi connectivity index (χ4n) is 1.00. The van der Waals surface area contributed by atoms with Crippen molar-refractivity contribution in [3.05, 3.63) is 29.4 Å². The highest BCUT2D eigenvalue weighted by Crippen LogP contribution is 2.17. The van der Waals surface area contributed by atoms with Gasteiger partial charge in [-0.1, -0.05) is 11.6 Å². The van der Waals surface area contributed by atoms with Crippen molar-refractivity contribution in [3.8, 4) is 11.4 Å². The molecule has 2 rings (SSSR count). The van der Waals surface area contributed by atoms with Crippen LogP contribution in [0.25, 0.3) is 11.4 Å². The van der Waals surface area contributed by atoms with Crippen LogP contribution >= 0.6 is 11.6 Å². The minimum absolute atomic E-state index is 0.451. The van der Waals surface area contributed by atoms with Crippen molar-refractivity contribution < 1.29 is 0 Å². The maximum Gasteiger partial charge on any atom is 0.145 e. The average Bonchev–Trinajstić information content (AvgIpc) is 2.53. The SMILES string of the molecule is Nc1cc(-c2ccc(Cl)cn2)[nH]n1. The topological polar surface area (TPSA) is 67.6 Å². The molecular formula is C8H7ClN4. The van der Waals surface area contributed by atoms with Crippen molar-refractivity contribution >= 4 is 17.4 Å². The molecule has 0 fully saturated rings. The van der Waals surface area contributed by atoms with Crippen LogP contribution in [0.3, 0.4) is 0 Å². The number of aromatic amines is 1. The van der Waals surface area contributed by atoms with Gasteiger partial charge in [-0.15, -0.1) is 0 Å². The molecule has 0 radical (unpaired) electrons. The summed E-state index contributed by atoms with van der Waals surface area (Å²) >= 11 is 5.69. The maximum absolute atomic E-state index is 5.69. The normalized spacial score (nSPS) is 10.2. The molecular weight excluding hydrogens is 188 g/mol. The van der Waals surface area contributed by atoms with Gasteiger partial charge in [0.25, 0.3) is 0 Å². The number of rotatable bonds is 1. The first-order valence-corrected chi connectivity index (χ1v) is 4.06. The molecule has 2 aromatic rings. The number of pyridine rings is 1. The van der Waals surface area contributed by atoms with Crippen LogP contribution in [0.4, 0.5) is 5.82 Å². The third-order valence-electron chi connectivity index (χ3n) is 1.60. The van der Waals surface area contributed by atoms with Gasteiger partial charge >= 0.3 is 0 Å². The molecule has 0 saturated heterocycles. The van der Waals surface area contributed by atoms with Crippen LogP contribution < -0.4 is 5.73 Å². The molecule has 0 bridgehead atoms. The van der Waals surface area contributed by atoms with Crippen LogP contribution in [-0.2, 0) is 0 Å². The monoisotopic (exact) mass is 194 g/mol. The highest BCUT2D eigenvalue weighted by molar-refractivity contribution is 6.30. The average molecular weight is 195 g/mol. The number of nitrogens with zero attached hydrogens (tertiary/aromatic N) is 2. The zero-order chi connectivity index (χ0) is 9.26. The Balaban J connectivity index is 2.41. The van der Waals surface area contributed by atoms with Crippen LogP contribution in [-0.4, -0.2) is 15.2 Å². The van der Waals surface area contributed by atoms with Crippen LogP contribution in [0.15, 0.2) is 24.4 Å². The zero-order valence-electron chi connectivity index (χ0n) is 6.66. The van der Waals surface area contributed by atoms with Gasteiger partial charge in [0, 0.05) is 12.3 Å². The first-order valence-electron chi connectivity index (χ1n) is 3.68. The first-order chi connectivity index (χ1) is 6.25. The molecule has 0 amide bonds. The Morgan fingerprint density at radius 1 is 1.38 bits per heavy atom. The van der Waals surface area contributed by atoms with Crippen LogP contribution in [0, 0.1) is 0 Å². The molecule has 2 aromatic heterocycles. The van der Waals surface area contributed by atoms with E-state index in [4.69, 9.17) is 17.3 Å². The van der Waals surface area contributed by atoms with Gasteiger partial charge in [-0.05, 0) is 12.1 Å². The summed E-state index contributed by atoms with van der Waals surface area (Å²) in [5, 5.41) is 7.16. The van der Waals surface area contributed by atoms with E-state index in [0.717, 1.165) is 11.4 Å². The molecule has 0 aliphatic rings. The van der Waals surface area contributed by atoms with Crippen molar-refractivity contribution in [3.63, 3.8) is 0 Å². The molecule has 0 spiro atoms. The number of nitrogens with two attached hydrogens (primary N) is 1. The number of aromatic nitrogens is 3. The van der Waals surface area contributed by atoms with E-state index in [2.05, 4.69) is 15.2 Å². The summed E-state index contributed by atoms with van der Waals surface area (Å²) in [5.74, 6) is 0.451. The number of anilines is 1. The van der Waals surface area contributed by atoms with E-state index in [0.29, 0.717) is 10.8 Å². The Hall–Kier alpha value is -1.55. The van der Waals surface area contributed by atoms with Gasteiger partial charge in [-0.3, -0.25) is 10.1 Å².